The molecule has 0 aliphatic carbocycles. The predicted octanol–water partition coefficient (Wildman–Crippen LogP) is 4.17. The van der Waals surface area contributed by atoms with Crippen molar-refractivity contribution < 1.29 is 4.74 Å². The monoisotopic (exact) mass is 398 g/mol. The van der Waals surface area contributed by atoms with E-state index in [0.29, 0.717) is 6.61 Å². The highest BCUT2D eigenvalue weighted by Gasteiger charge is 2.12. The Morgan fingerprint density at radius 1 is 1.27 bits per heavy atom. The van der Waals surface area contributed by atoms with Gasteiger partial charge in [0.15, 0.2) is 10.8 Å². The van der Waals surface area contributed by atoms with Gasteiger partial charge in [0.2, 0.25) is 4.96 Å². The minimum absolute atomic E-state index is 0.442. The van der Waals surface area contributed by atoms with Crippen molar-refractivity contribution in [2.75, 3.05) is 5.75 Å². The number of rotatable bonds is 7. The van der Waals surface area contributed by atoms with Crippen molar-refractivity contribution in [2.24, 2.45) is 0 Å². The summed E-state index contributed by atoms with van der Waals surface area (Å²) >= 11 is 6.77. The van der Waals surface area contributed by atoms with Crippen LogP contribution in [-0.2, 0) is 12.4 Å². The van der Waals surface area contributed by atoms with Crippen LogP contribution in [0, 0.1) is 0 Å². The number of nitrogens with zero attached hydrogens (tertiary/aromatic N) is 4. The largest absolute Gasteiger partial charge is 0.486 e. The molecule has 5 nitrogen and oxygen atoms in total. The summed E-state index contributed by atoms with van der Waals surface area (Å²) in [7, 11) is 0. The van der Waals surface area contributed by atoms with Gasteiger partial charge in [0.1, 0.15) is 12.4 Å². The molecule has 0 fully saturated rings. The molecule has 0 spiro atoms. The van der Waals surface area contributed by atoms with Gasteiger partial charge in [0, 0.05) is 4.47 Å². The topological polar surface area (TPSA) is 52.3 Å². The molecule has 22 heavy (non-hydrogen) atoms. The molecule has 0 bridgehead atoms. The molecule has 0 amide bonds. The molecule has 0 saturated carbocycles. The van der Waals surface area contributed by atoms with Crippen LogP contribution < -0.4 is 4.74 Å². The van der Waals surface area contributed by atoms with E-state index in [4.69, 9.17) is 4.74 Å². The zero-order valence-electron chi connectivity index (χ0n) is 12.0. The number of fused-ring (bicyclic) bond motifs is 1. The lowest BCUT2D eigenvalue weighted by molar-refractivity contribution is 0.304. The Bertz CT molecular complexity index is 741. The standard InChI is InChI=1S/C14H15BrN4OS2/c1-2-7-21-9-12-16-17-14-19(12)18-13(22-14)8-20-11-5-3-10(15)4-6-11/h3-6H,2,7-9H2,1H3. The quantitative estimate of drug-likeness (QED) is 0.558. The van der Waals surface area contributed by atoms with E-state index >= 15 is 0 Å². The molecule has 3 rings (SSSR count). The van der Waals surface area contributed by atoms with E-state index < -0.39 is 0 Å². The number of hydrogen-bond acceptors (Lipinski definition) is 6. The lowest BCUT2D eigenvalue weighted by Crippen LogP contribution is -1.99. The Labute approximate surface area is 145 Å². The second-order valence-electron chi connectivity index (χ2n) is 4.60. The summed E-state index contributed by atoms with van der Waals surface area (Å²) in [5.41, 5.74) is 0. The van der Waals surface area contributed by atoms with E-state index in [1.165, 1.54) is 11.3 Å². The van der Waals surface area contributed by atoms with Crippen LogP contribution in [0.3, 0.4) is 0 Å². The molecule has 2 aromatic heterocycles. The first-order chi connectivity index (χ1) is 10.8. The van der Waals surface area contributed by atoms with Gasteiger partial charge in [-0.15, -0.1) is 10.2 Å². The Hall–Kier alpha value is -1.12. The molecular formula is C14H15BrN4OS2. The summed E-state index contributed by atoms with van der Waals surface area (Å²) < 4.78 is 8.61. The first-order valence-electron chi connectivity index (χ1n) is 6.92. The number of thioether (sulfide) groups is 1. The van der Waals surface area contributed by atoms with Crippen molar-refractivity contribution >= 4 is 44.0 Å². The molecule has 0 aliphatic heterocycles. The molecule has 3 aromatic rings. The van der Waals surface area contributed by atoms with Gasteiger partial charge in [-0.05, 0) is 36.4 Å². The summed E-state index contributed by atoms with van der Waals surface area (Å²) in [5, 5.41) is 13.8. The summed E-state index contributed by atoms with van der Waals surface area (Å²) in [6, 6.07) is 7.77. The minimum Gasteiger partial charge on any atom is -0.486 e. The van der Waals surface area contributed by atoms with E-state index in [0.717, 1.165) is 43.9 Å². The smallest absolute Gasteiger partial charge is 0.234 e. The number of aromatic nitrogens is 4. The fourth-order valence-electron chi connectivity index (χ4n) is 1.83. The molecular weight excluding hydrogens is 384 g/mol. The lowest BCUT2D eigenvalue weighted by atomic mass is 10.3. The van der Waals surface area contributed by atoms with Crippen molar-refractivity contribution in [3.63, 3.8) is 0 Å². The average Bonchev–Trinajstić information content (AvgIpc) is 3.08. The number of halogens is 1. The molecule has 0 unspecified atom stereocenters. The molecule has 0 radical (unpaired) electrons. The number of ether oxygens (including phenoxy) is 1. The average molecular weight is 399 g/mol. The van der Waals surface area contributed by atoms with Crippen molar-refractivity contribution in [3.8, 4) is 5.75 Å². The van der Waals surface area contributed by atoms with E-state index in [1.807, 2.05) is 40.5 Å². The fraction of sp³-hybridized carbons (Fsp3) is 0.357. The van der Waals surface area contributed by atoms with Gasteiger partial charge >= 0.3 is 0 Å². The van der Waals surface area contributed by atoms with Crippen LogP contribution >= 0.6 is 39.0 Å². The molecule has 116 valence electrons. The highest BCUT2D eigenvalue weighted by Crippen LogP contribution is 2.20. The third-order valence-electron chi connectivity index (χ3n) is 2.85. The Morgan fingerprint density at radius 3 is 2.86 bits per heavy atom. The lowest BCUT2D eigenvalue weighted by Gasteiger charge is -2.03. The highest BCUT2D eigenvalue weighted by molar-refractivity contribution is 9.10. The molecule has 0 aliphatic rings. The summed E-state index contributed by atoms with van der Waals surface area (Å²) in [6.45, 7) is 2.62. The second kappa shape index (κ2) is 7.43. The van der Waals surface area contributed by atoms with Crippen LogP contribution in [0.2, 0.25) is 0 Å². The fourth-order valence-corrected chi connectivity index (χ4v) is 3.65. The van der Waals surface area contributed by atoms with Crippen molar-refractivity contribution in [2.45, 2.75) is 25.7 Å². The van der Waals surface area contributed by atoms with Crippen LogP contribution in [0.1, 0.15) is 24.2 Å². The van der Waals surface area contributed by atoms with Gasteiger partial charge in [-0.3, -0.25) is 0 Å². The van der Waals surface area contributed by atoms with Crippen LogP contribution in [0.4, 0.5) is 0 Å². The molecule has 0 N–H and O–H groups in total. The summed E-state index contributed by atoms with van der Waals surface area (Å²) in [6.07, 6.45) is 1.16. The van der Waals surface area contributed by atoms with Gasteiger partial charge in [-0.2, -0.15) is 21.4 Å². The Kier molecular flexibility index (Phi) is 5.32. The highest BCUT2D eigenvalue weighted by atomic mass is 79.9. The maximum atomic E-state index is 5.74. The van der Waals surface area contributed by atoms with E-state index in [9.17, 15) is 0 Å². The maximum absolute atomic E-state index is 5.74. The van der Waals surface area contributed by atoms with Crippen molar-refractivity contribution in [1.82, 2.24) is 19.8 Å². The summed E-state index contributed by atoms with van der Waals surface area (Å²) in [4.78, 5) is 0.821. The van der Waals surface area contributed by atoms with Gasteiger partial charge < -0.3 is 4.74 Å². The Morgan fingerprint density at radius 2 is 2.09 bits per heavy atom. The first-order valence-corrected chi connectivity index (χ1v) is 9.69. The van der Waals surface area contributed by atoms with E-state index in [-0.39, 0.29) is 0 Å². The third-order valence-corrected chi connectivity index (χ3v) is 5.41. The Balaban J connectivity index is 1.65. The first kappa shape index (κ1) is 15.8. The van der Waals surface area contributed by atoms with E-state index in [1.54, 1.807) is 0 Å². The van der Waals surface area contributed by atoms with Gasteiger partial charge in [0.25, 0.3) is 0 Å². The third kappa shape index (κ3) is 3.80. The van der Waals surface area contributed by atoms with Crippen LogP contribution in [-0.4, -0.2) is 25.6 Å². The van der Waals surface area contributed by atoms with Crippen LogP contribution in [0.25, 0.3) is 4.96 Å². The van der Waals surface area contributed by atoms with Crippen molar-refractivity contribution in [3.05, 3.63) is 39.6 Å². The zero-order valence-corrected chi connectivity index (χ0v) is 15.2. The second-order valence-corrected chi connectivity index (χ2v) is 7.66. The number of hydrogen-bond donors (Lipinski definition) is 0. The molecule has 0 saturated heterocycles. The molecule has 0 atom stereocenters. The minimum atomic E-state index is 0.442. The maximum Gasteiger partial charge on any atom is 0.234 e. The number of benzene rings is 1. The van der Waals surface area contributed by atoms with E-state index in [2.05, 4.69) is 38.1 Å². The van der Waals surface area contributed by atoms with Gasteiger partial charge in [-0.25, -0.2) is 0 Å². The van der Waals surface area contributed by atoms with Gasteiger partial charge in [-0.1, -0.05) is 34.2 Å². The van der Waals surface area contributed by atoms with Crippen LogP contribution in [0.15, 0.2) is 28.7 Å². The summed E-state index contributed by atoms with van der Waals surface area (Å²) in [5.74, 6) is 3.69. The normalized spacial score (nSPS) is 11.2. The van der Waals surface area contributed by atoms with Crippen molar-refractivity contribution in [1.29, 1.82) is 0 Å². The SMILES string of the molecule is CCCSCc1nnc2sc(COc3ccc(Br)cc3)nn12. The zero-order chi connectivity index (χ0) is 15.4. The van der Waals surface area contributed by atoms with Gasteiger partial charge in [0.05, 0.1) is 5.75 Å². The predicted molar refractivity (Wildman–Crippen MR) is 93.6 cm³/mol. The van der Waals surface area contributed by atoms with Crippen LogP contribution in [0.5, 0.6) is 5.75 Å². The molecule has 2 heterocycles. The molecule has 8 heteroatoms. The molecule has 1 aromatic carbocycles.